The molecule has 0 radical (unpaired) electrons. The van der Waals surface area contributed by atoms with Gasteiger partial charge in [-0.05, 0) is 48.5 Å². The van der Waals surface area contributed by atoms with Crippen LogP contribution in [0, 0.1) is 11.6 Å². The van der Waals surface area contributed by atoms with Crippen LogP contribution in [0.1, 0.15) is 12.5 Å². The molecule has 0 fully saturated rings. The Morgan fingerprint density at radius 2 is 1.83 bits per heavy atom. The van der Waals surface area contributed by atoms with Crippen LogP contribution in [0.2, 0.25) is 0 Å². The molecule has 0 aliphatic carbocycles. The largest absolute Gasteiger partial charge is 0.336 e. The summed E-state index contributed by atoms with van der Waals surface area (Å²) < 4.78 is 30.5. The highest BCUT2D eigenvalue weighted by molar-refractivity contribution is 5.98. The molecular formula is C27H21F2N7. The maximum Gasteiger partial charge on any atom is 0.159 e. The topological polar surface area (TPSA) is 95.2 Å². The number of halogens is 2. The van der Waals surface area contributed by atoms with Crippen molar-refractivity contribution in [3.8, 4) is 33.9 Å². The van der Waals surface area contributed by atoms with Gasteiger partial charge in [0, 0.05) is 41.8 Å². The zero-order valence-electron chi connectivity index (χ0n) is 19.3. The standard InChI is InChI=1S/C27H21F2N7/c1-2-30-12-15-11-16(14-31-13-15)17-7-8-20-22(23(17)29)26(36-35-20)27-33-21-9-10-32-24(25(21)34-27)18-5-3-4-6-19(18)28/h3-11,13-14,30H,2,12H2,1H3,(H,33,34)(H,35,36). The van der Waals surface area contributed by atoms with Crippen LogP contribution in [0.5, 0.6) is 0 Å². The molecule has 6 rings (SSSR count). The van der Waals surface area contributed by atoms with E-state index in [9.17, 15) is 4.39 Å². The van der Waals surface area contributed by atoms with Gasteiger partial charge < -0.3 is 10.3 Å². The number of benzene rings is 2. The van der Waals surface area contributed by atoms with Crippen molar-refractivity contribution in [2.75, 3.05) is 6.54 Å². The van der Waals surface area contributed by atoms with Crippen LogP contribution in [-0.2, 0) is 6.54 Å². The molecule has 9 heteroatoms. The van der Waals surface area contributed by atoms with E-state index in [-0.39, 0.29) is 0 Å². The molecule has 0 saturated carbocycles. The first-order valence-electron chi connectivity index (χ1n) is 11.6. The Bertz CT molecular complexity index is 1720. The van der Waals surface area contributed by atoms with E-state index in [1.165, 1.54) is 6.07 Å². The lowest BCUT2D eigenvalue weighted by Gasteiger charge is -2.07. The Morgan fingerprint density at radius 1 is 0.944 bits per heavy atom. The molecule has 0 unspecified atom stereocenters. The molecule has 0 spiro atoms. The highest BCUT2D eigenvalue weighted by Gasteiger charge is 2.21. The Morgan fingerprint density at radius 3 is 2.69 bits per heavy atom. The van der Waals surface area contributed by atoms with Crippen LogP contribution in [-0.4, -0.2) is 36.7 Å². The quantitative estimate of drug-likeness (QED) is 0.287. The summed E-state index contributed by atoms with van der Waals surface area (Å²) >= 11 is 0. The summed E-state index contributed by atoms with van der Waals surface area (Å²) in [6.07, 6.45) is 5.00. The molecule has 36 heavy (non-hydrogen) atoms. The molecule has 178 valence electrons. The van der Waals surface area contributed by atoms with E-state index in [0.717, 1.165) is 12.1 Å². The zero-order valence-corrected chi connectivity index (χ0v) is 19.3. The number of nitrogens with zero attached hydrogens (tertiary/aromatic N) is 4. The fourth-order valence-electron chi connectivity index (χ4n) is 4.37. The molecule has 7 nitrogen and oxygen atoms in total. The molecular weight excluding hydrogens is 460 g/mol. The summed E-state index contributed by atoms with van der Waals surface area (Å²) in [5.74, 6) is -0.462. The van der Waals surface area contributed by atoms with Gasteiger partial charge in [-0.15, -0.1) is 0 Å². The van der Waals surface area contributed by atoms with Gasteiger partial charge in [-0.2, -0.15) is 5.10 Å². The lowest BCUT2D eigenvalue weighted by molar-refractivity contribution is 0.631. The highest BCUT2D eigenvalue weighted by atomic mass is 19.1. The van der Waals surface area contributed by atoms with Gasteiger partial charge in [0.15, 0.2) is 5.82 Å². The van der Waals surface area contributed by atoms with Crippen LogP contribution < -0.4 is 5.32 Å². The van der Waals surface area contributed by atoms with E-state index >= 15 is 4.39 Å². The van der Waals surface area contributed by atoms with E-state index in [2.05, 4.69) is 35.5 Å². The molecule has 0 atom stereocenters. The first-order valence-corrected chi connectivity index (χ1v) is 11.6. The number of hydrogen-bond acceptors (Lipinski definition) is 5. The minimum atomic E-state index is -0.424. The number of imidazole rings is 1. The number of nitrogens with one attached hydrogen (secondary N) is 3. The predicted octanol–water partition coefficient (Wildman–Crippen LogP) is 5.62. The molecule has 0 amide bonds. The van der Waals surface area contributed by atoms with E-state index < -0.39 is 11.6 Å². The fourth-order valence-corrected chi connectivity index (χ4v) is 4.37. The van der Waals surface area contributed by atoms with Crippen LogP contribution in [0.25, 0.3) is 55.8 Å². The Labute approximate surface area is 204 Å². The Kier molecular flexibility index (Phi) is 5.46. The number of aromatic nitrogens is 6. The minimum absolute atomic E-state index is 0.309. The molecule has 0 aliphatic heterocycles. The lowest BCUT2D eigenvalue weighted by Crippen LogP contribution is -2.11. The molecule has 0 aliphatic rings. The minimum Gasteiger partial charge on any atom is -0.336 e. The number of hydrogen-bond donors (Lipinski definition) is 3. The lowest BCUT2D eigenvalue weighted by atomic mass is 10.0. The van der Waals surface area contributed by atoms with Gasteiger partial charge in [-0.1, -0.05) is 19.1 Å². The first-order chi connectivity index (χ1) is 17.6. The SMILES string of the molecule is CCNCc1cncc(-c2ccc3[nH]nc(-c4nc5c(-c6ccccc6F)nccc5[nH]4)c3c2F)c1. The van der Waals surface area contributed by atoms with Gasteiger partial charge in [0.05, 0.1) is 16.4 Å². The van der Waals surface area contributed by atoms with Gasteiger partial charge in [0.2, 0.25) is 0 Å². The molecule has 0 bridgehead atoms. The van der Waals surface area contributed by atoms with E-state index in [4.69, 9.17) is 0 Å². The van der Waals surface area contributed by atoms with Crippen LogP contribution >= 0.6 is 0 Å². The average Bonchev–Trinajstić information content (AvgIpc) is 3.53. The highest BCUT2D eigenvalue weighted by Crippen LogP contribution is 2.35. The maximum atomic E-state index is 16.0. The predicted molar refractivity (Wildman–Crippen MR) is 135 cm³/mol. The van der Waals surface area contributed by atoms with Crippen molar-refractivity contribution in [3.63, 3.8) is 0 Å². The van der Waals surface area contributed by atoms with Gasteiger partial charge >= 0.3 is 0 Å². The van der Waals surface area contributed by atoms with Crippen molar-refractivity contribution in [2.45, 2.75) is 13.5 Å². The summed E-state index contributed by atoms with van der Waals surface area (Å²) in [5.41, 5.74) is 4.79. The molecule has 3 N–H and O–H groups in total. The second kappa shape index (κ2) is 8.94. The third-order valence-corrected chi connectivity index (χ3v) is 6.11. The van der Waals surface area contributed by atoms with Crippen molar-refractivity contribution in [1.82, 2.24) is 35.5 Å². The summed E-state index contributed by atoms with van der Waals surface area (Å²) in [5, 5.41) is 10.8. The molecule has 6 aromatic rings. The smallest absolute Gasteiger partial charge is 0.159 e. The fraction of sp³-hybridized carbons (Fsp3) is 0.111. The number of aromatic amines is 2. The van der Waals surface area contributed by atoms with Gasteiger partial charge in [-0.3, -0.25) is 15.1 Å². The number of fused-ring (bicyclic) bond motifs is 2. The number of pyridine rings is 2. The van der Waals surface area contributed by atoms with Crippen LogP contribution in [0.4, 0.5) is 8.78 Å². The first kappa shape index (κ1) is 22.0. The van der Waals surface area contributed by atoms with Crippen molar-refractivity contribution < 1.29 is 8.78 Å². The zero-order chi connectivity index (χ0) is 24.6. The number of H-pyrrole nitrogens is 2. The van der Waals surface area contributed by atoms with Gasteiger partial charge in [0.25, 0.3) is 0 Å². The van der Waals surface area contributed by atoms with Crippen molar-refractivity contribution in [2.24, 2.45) is 0 Å². The second-order valence-corrected chi connectivity index (χ2v) is 8.41. The van der Waals surface area contributed by atoms with Crippen LogP contribution in [0.15, 0.2) is 67.1 Å². The third-order valence-electron chi connectivity index (χ3n) is 6.11. The number of rotatable bonds is 6. The Hall–Kier alpha value is -4.50. The second-order valence-electron chi connectivity index (χ2n) is 8.41. The van der Waals surface area contributed by atoms with E-state index in [1.807, 2.05) is 13.0 Å². The summed E-state index contributed by atoms with van der Waals surface area (Å²) in [6.45, 7) is 3.50. The summed E-state index contributed by atoms with van der Waals surface area (Å²) in [7, 11) is 0. The molecule has 4 aromatic heterocycles. The van der Waals surface area contributed by atoms with Gasteiger partial charge in [-0.25, -0.2) is 13.8 Å². The van der Waals surface area contributed by atoms with E-state index in [1.54, 1.807) is 55.0 Å². The Balaban J connectivity index is 1.48. The van der Waals surface area contributed by atoms with Crippen molar-refractivity contribution in [3.05, 3.63) is 84.3 Å². The van der Waals surface area contributed by atoms with Crippen molar-refractivity contribution in [1.29, 1.82) is 0 Å². The molecule has 4 heterocycles. The van der Waals surface area contributed by atoms with Crippen LogP contribution in [0.3, 0.4) is 0 Å². The third kappa shape index (κ3) is 3.70. The average molecular weight is 482 g/mol. The van der Waals surface area contributed by atoms with Gasteiger partial charge in [0.1, 0.15) is 28.5 Å². The maximum absolute atomic E-state index is 16.0. The molecule has 2 aromatic carbocycles. The molecule has 0 saturated heterocycles. The van der Waals surface area contributed by atoms with E-state index in [0.29, 0.717) is 62.4 Å². The normalized spacial score (nSPS) is 11.5. The summed E-state index contributed by atoms with van der Waals surface area (Å²) in [4.78, 5) is 16.5. The summed E-state index contributed by atoms with van der Waals surface area (Å²) in [6, 6.07) is 13.6. The monoisotopic (exact) mass is 481 g/mol. The van der Waals surface area contributed by atoms with Crippen molar-refractivity contribution >= 4 is 21.9 Å².